The lowest BCUT2D eigenvalue weighted by Gasteiger charge is -2.19. The molecule has 0 atom stereocenters. The molecule has 0 spiro atoms. The standard InChI is InChI=1S/C19H20N2O5S/c22-19-5-2-8-21(19)15-4-1-3-14(11-15)13-20-27(23,24)16-6-7-17-18(12-16)26-10-9-25-17/h1,3-4,6-7,11-12,20H,2,5,8-10,13H2. The molecule has 1 amide bonds. The summed E-state index contributed by atoms with van der Waals surface area (Å²) in [7, 11) is -3.70. The van der Waals surface area contributed by atoms with Gasteiger partial charge in [0.2, 0.25) is 15.9 Å². The van der Waals surface area contributed by atoms with Gasteiger partial charge in [-0.05, 0) is 36.2 Å². The van der Waals surface area contributed by atoms with Crippen molar-refractivity contribution in [2.24, 2.45) is 0 Å². The number of ether oxygens (including phenoxy) is 2. The van der Waals surface area contributed by atoms with Crippen molar-refractivity contribution in [3.63, 3.8) is 0 Å². The molecule has 7 nitrogen and oxygen atoms in total. The number of hydrogen-bond acceptors (Lipinski definition) is 5. The quantitative estimate of drug-likeness (QED) is 0.848. The molecule has 2 aliphatic rings. The average molecular weight is 388 g/mol. The summed E-state index contributed by atoms with van der Waals surface area (Å²) in [6.07, 6.45) is 1.40. The van der Waals surface area contributed by atoms with Gasteiger partial charge in [0.1, 0.15) is 13.2 Å². The van der Waals surface area contributed by atoms with Crippen molar-refractivity contribution in [2.75, 3.05) is 24.7 Å². The van der Waals surface area contributed by atoms with E-state index in [1.54, 1.807) is 11.0 Å². The first-order chi connectivity index (χ1) is 13.0. The van der Waals surface area contributed by atoms with Gasteiger partial charge in [0, 0.05) is 31.3 Å². The largest absolute Gasteiger partial charge is 0.486 e. The summed E-state index contributed by atoms with van der Waals surface area (Å²) in [4.78, 5) is 13.8. The molecular weight excluding hydrogens is 368 g/mol. The molecule has 0 radical (unpaired) electrons. The molecule has 2 aliphatic heterocycles. The predicted octanol–water partition coefficient (Wildman–Crippen LogP) is 2.06. The Morgan fingerprint density at radius 2 is 1.85 bits per heavy atom. The highest BCUT2D eigenvalue weighted by Gasteiger charge is 2.22. The van der Waals surface area contributed by atoms with Crippen molar-refractivity contribution in [3.8, 4) is 11.5 Å². The van der Waals surface area contributed by atoms with Gasteiger partial charge in [-0.15, -0.1) is 0 Å². The highest BCUT2D eigenvalue weighted by atomic mass is 32.2. The van der Waals surface area contributed by atoms with Gasteiger partial charge < -0.3 is 14.4 Å². The second kappa shape index (κ2) is 7.21. The van der Waals surface area contributed by atoms with E-state index in [0.29, 0.717) is 37.7 Å². The van der Waals surface area contributed by atoms with Gasteiger partial charge in [0.15, 0.2) is 11.5 Å². The second-order valence-electron chi connectivity index (χ2n) is 6.45. The minimum atomic E-state index is -3.70. The second-order valence-corrected chi connectivity index (χ2v) is 8.22. The Balaban J connectivity index is 1.48. The molecule has 0 aliphatic carbocycles. The SMILES string of the molecule is O=C1CCCN1c1cccc(CNS(=O)(=O)c2ccc3c(c2)OCCO3)c1. The van der Waals surface area contributed by atoms with Gasteiger partial charge in [-0.3, -0.25) is 4.79 Å². The highest BCUT2D eigenvalue weighted by Crippen LogP contribution is 2.32. The van der Waals surface area contributed by atoms with Crippen LogP contribution >= 0.6 is 0 Å². The van der Waals surface area contributed by atoms with Crippen LogP contribution in [0.2, 0.25) is 0 Å². The summed E-state index contributed by atoms with van der Waals surface area (Å²) in [5.41, 5.74) is 1.59. The lowest BCUT2D eigenvalue weighted by Crippen LogP contribution is -2.25. The maximum atomic E-state index is 12.6. The molecule has 27 heavy (non-hydrogen) atoms. The summed E-state index contributed by atoms with van der Waals surface area (Å²) in [5.74, 6) is 1.07. The molecule has 2 heterocycles. The summed E-state index contributed by atoms with van der Waals surface area (Å²) in [6.45, 7) is 1.68. The number of hydrogen-bond donors (Lipinski definition) is 1. The first-order valence-corrected chi connectivity index (χ1v) is 10.3. The van der Waals surface area contributed by atoms with Gasteiger partial charge in [0.25, 0.3) is 0 Å². The maximum Gasteiger partial charge on any atom is 0.241 e. The summed E-state index contributed by atoms with van der Waals surface area (Å²) in [6, 6.07) is 11.9. The number of nitrogens with zero attached hydrogens (tertiary/aromatic N) is 1. The molecule has 2 aromatic carbocycles. The van der Waals surface area contributed by atoms with Crippen LogP contribution in [0.25, 0.3) is 0 Å². The van der Waals surface area contributed by atoms with E-state index in [9.17, 15) is 13.2 Å². The van der Waals surface area contributed by atoms with Crippen LogP contribution in [0.5, 0.6) is 11.5 Å². The minimum Gasteiger partial charge on any atom is -0.486 e. The smallest absolute Gasteiger partial charge is 0.241 e. The Bertz CT molecular complexity index is 974. The van der Waals surface area contributed by atoms with Crippen LogP contribution in [0.4, 0.5) is 5.69 Å². The Morgan fingerprint density at radius 1 is 1.04 bits per heavy atom. The van der Waals surface area contributed by atoms with Crippen LogP contribution in [-0.2, 0) is 21.4 Å². The molecule has 2 aromatic rings. The van der Waals surface area contributed by atoms with Crippen LogP contribution in [0.3, 0.4) is 0 Å². The average Bonchev–Trinajstić information content (AvgIpc) is 3.12. The third-order valence-electron chi connectivity index (χ3n) is 4.59. The third-order valence-corrected chi connectivity index (χ3v) is 5.98. The Kier molecular flexibility index (Phi) is 4.75. The third kappa shape index (κ3) is 3.77. The molecule has 0 unspecified atom stereocenters. The first kappa shape index (κ1) is 17.8. The summed E-state index contributed by atoms with van der Waals surface area (Å²) < 4.78 is 38.7. The first-order valence-electron chi connectivity index (χ1n) is 8.81. The van der Waals surface area contributed by atoms with Crippen molar-refractivity contribution < 1.29 is 22.7 Å². The van der Waals surface area contributed by atoms with E-state index in [4.69, 9.17) is 9.47 Å². The zero-order chi connectivity index (χ0) is 18.9. The number of sulfonamides is 1. The number of carbonyl (C=O) groups excluding carboxylic acids is 1. The van der Waals surface area contributed by atoms with Crippen molar-refractivity contribution in [1.29, 1.82) is 0 Å². The number of fused-ring (bicyclic) bond motifs is 1. The van der Waals surface area contributed by atoms with Crippen LogP contribution in [0.15, 0.2) is 47.4 Å². The Hall–Kier alpha value is -2.58. The van der Waals surface area contributed by atoms with Crippen LogP contribution in [0, 0.1) is 0 Å². The predicted molar refractivity (Wildman–Crippen MR) is 99.5 cm³/mol. The maximum absolute atomic E-state index is 12.6. The number of nitrogens with one attached hydrogen (secondary N) is 1. The number of rotatable bonds is 5. The topological polar surface area (TPSA) is 84.9 Å². The minimum absolute atomic E-state index is 0.101. The molecule has 1 fully saturated rings. The molecule has 0 aromatic heterocycles. The van der Waals surface area contributed by atoms with Crippen molar-refractivity contribution in [2.45, 2.75) is 24.3 Å². The fraction of sp³-hybridized carbons (Fsp3) is 0.316. The zero-order valence-corrected chi connectivity index (χ0v) is 15.5. The molecule has 8 heteroatoms. The normalized spacial score (nSPS) is 16.6. The summed E-state index contributed by atoms with van der Waals surface area (Å²) in [5, 5.41) is 0. The number of amides is 1. The molecular formula is C19H20N2O5S. The van der Waals surface area contributed by atoms with Crippen molar-refractivity contribution >= 4 is 21.6 Å². The number of carbonyl (C=O) groups is 1. The monoisotopic (exact) mass is 388 g/mol. The molecule has 1 saturated heterocycles. The van der Waals surface area contributed by atoms with E-state index >= 15 is 0 Å². The lowest BCUT2D eigenvalue weighted by molar-refractivity contribution is -0.117. The van der Waals surface area contributed by atoms with Gasteiger partial charge in [-0.2, -0.15) is 0 Å². The molecule has 0 saturated carbocycles. The van der Waals surface area contributed by atoms with E-state index in [-0.39, 0.29) is 17.3 Å². The van der Waals surface area contributed by atoms with E-state index in [2.05, 4.69) is 4.72 Å². The molecule has 1 N–H and O–H groups in total. The van der Waals surface area contributed by atoms with Gasteiger partial charge >= 0.3 is 0 Å². The number of benzene rings is 2. The van der Waals surface area contributed by atoms with E-state index < -0.39 is 10.0 Å². The van der Waals surface area contributed by atoms with Gasteiger partial charge in [-0.1, -0.05) is 12.1 Å². The van der Waals surface area contributed by atoms with Crippen LogP contribution in [0.1, 0.15) is 18.4 Å². The number of anilines is 1. The molecule has 0 bridgehead atoms. The Morgan fingerprint density at radius 3 is 2.63 bits per heavy atom. The van der Waals surface area contributed by atoms with Crippen LogP contribution in [-0.4, -0.2) is 34.1 Å². The molecule has 4 rings (SSSR count). The highest BCUT2D eigenvalue weighted by molar-refractivity contribution is 7.89. The van der Waals surface area contributed by atoms with Crippen LogP contribution < -0.4 is 19.1 Å². The van der Waals surface area contributed by atoms with E-state index in [1.807, 2.05) is 24.3 Å². The summed E-state index contributed by atoms with van der Waals surface area (Å²) >= 11 is 0. The van der Waals surface area contributed by atoms with Gasteiger partial charge in [0.05, 0.1) is 4.90 Å². The zero-order valence-electron chi connectivity index (χ0n) is 14.7. The van der Waals surface area contributed by atoms with E-state index in [1.165, 1.54) is 12.1 Å². The van der Waals surface area contributed by atoms with Crippen molar-refractivity contribution in [1.82, 2.24) is 4.72 Å². The lowest BCUT2D eigenvalue weighted by atomic mass is 10.2. The van der Waals surface area contributed by atoms with Crippen molar-refractivity contribution in [3.05, 3.63) is 48.0 Å². The molecule has 142 valence electrons. The fourth-order valence-corrected chi connectivity index (χ4v) is 4.24. The van der Waals surface area contributed by atoms with E-state index in [0.717, 1.165) is 17.7 Å². The fourth-order valence-electron chi connectivity index (χ4n) is 3.21. The Labute approximate surface area is 157 Å². The van der Waals surface area contributed by atoms with Gasteiger partial charge in [-0.25, -0.2) is 13.1 Å².